The van der Waals surface area contributed by atoms with Gasteiger partial charge in [-0.15, -0.1) is 0 Å². The first-order valence-electron chi connectivity index (χ1n) is 7.29. The third-order valence-corrected chi connectivity index (χ3v) is 4.23. The maximum absolute atomic E-state index is 5.99. The van der Waals surface area contributed by atoms with Crippen molar-refractivity contribution in [3.8, 4) is 0 Å². The lowest BCUT2D eigenvalue weighted by Crippen LogP contribution is -2.62. The van der Waals surface area contributed by atoms with Gasteiger partial charge in [0, 0.05) is 24.1 Å². The highest BCUT2D eigenvalue weighted by molar-refractivity contribution is 5.03. The van der Waals surface area contributed by atoms with Crippen molar-refractivity contribution in [3.63, 3.8) is 0 Å². The average molecular weight is 241 g/mol. The summed E-state index contributed by atoms with van der Waals surface area (Å²) >= 11 is 0. The topological polar surface area (TPSA) is 21.3 Å². The van der Waals surface area contributed by atoms with Crippen molar-refractivity contribution in [1.29, 1.82) is 0 Å². The van der Waals surface area contributed by atoms with E-state index in [0.29, 0.717) is 24.1 Å². The Kier molecular flexibility index (Phi) is 5.46. The van der Waals surface area contributed by atoms with E-state index >= 15 is 0 Å². The van der Waals surface area contributed by atoms with Gasteiger partial charge in [-0.25, -0.2) is 0 Å². The molecule has 17 heavy (non-hydrogen) atoms. The Hall–Kier alpha value is -0.0800. The summed E-state index contributed by atoms with van der Waals surface area (Å²) in [6, 6.07) is 1.30. The van der Waals surface area contributed by atoms with Crippen LogP contribution in [0, 0.1) is 11.3 Å². The third kappa shape index (κ3) is 3.69. The summed E-state index contributed by atoms with van der Waals surface area (Å²) in [6.45, 7) is 14.5. The third-order valence-electron chi connectivity index (χ3n) is 4.23. The average Bonchev–Trinajstić information content (AvgIpc) is 2.27. The van der Waals surface area contributed by atoms with Gasteiger partial charge in [0.2, 0.25) is 0 Å². The molecule has 1 rings (SSSR count). The molecule has 1 N–H and O–H groups in total. The first-order chi connectivity index (χ1) is 7.91. The molecule has 1 saturated carbocycles. The molecular formula is C15H31NO. The molecule has 0 aromatic carbocycles. The van der Waals surface area contributed by atoms with Crippen molar-refractivity contribution in [2.45, 2.75) is 79.0 Å². The SMILES string of the molecule is CCC(CC)NC1CC(OCC(C)C)C1(C)C. The zero-order valence-electron chi connectivity index (χ0n) is 12.5. The molecule has 0 saturated heterocycles. The predicted octanol–water partition coefficient (Wildman–Crippen LogP) is 3.60. The van der Waals surface area contributed by atoms with E-state index in [-0.39, 0.29) is 5.41 Å². The number of ether oxygens (including phenoxy) is 1. The molecule has 0 aliphatic heterocycles. The summed E-state index contributed by atoms with van der Waals surface area (Å²) in [5.74, 6) is 0.636. The minimum absolute atomic E-state index is 0.289. The van der Waals surface area contributed by atoms with E-state index in [1.54, 1.807) is 0 Å². The minimum Gasteiger partial charge on any atom is -0.377 e. The molecule has 2 heteroatoms. The van der Waals surface area contributed by atoms with Crippen LogP contribution in [0.25, 0.3) is 0 Å². The van der Waals surface area contributed by atoms with Crippen molar-refractivity contribution in [2.24, 2.45) is 11.3 Å². The Morgan fingerprint density at radius 3 is 2.24 bits per heavy atom. The fourth-order valence-corrected chi connectivity index (χ4v) is 2.57. The van der Waals surface area contributed by atoms with Gasteiger partial charge in [-0.3, -0.25) is 0 Å². The minimum atomic E-state index is 0.289. The van der Waals surface area contributed by atoms with Crippen molar-refractivity contribution in [1.82, 2.24) is 5.32 Å². The van der Waals surface area contributed by atoms with Gasteiger partial charge >= 0.3 is 0 Å². The molecule has 2 nitrogen and oxygen atoms in total. The van der Waals surface area contributed by atoms with Gasteiger partial charge in [-0.1, -0.05) is 41.5 Å². The Bertz CT molecular complexity index is 221. The van der Waals surface area contributed by atoms with Crippen LogP contribution < -0.4 is 5.32 Å². The highest BCUT2D eigenvalue weighted by Crippen LogP contribution is 2.43. The van der Waals surface area contributed by atoms with Gasteiger partial charge in [0.1, 0.15) is 0 Å². The smallest absolute Gasteiger partial charge is 0.0656 e. The molecule has 0 aromatic heterocycles. The van der Waals surface area contributed by atoms with E-state index < -0.39 is 0 Å². The zero-order chi connectivity index (χ0) is 13.1. The number of rotatable bonds is 7. The summed E-state index contributed by atoms with van der Waals surface area (Å²) in [5, 5.41) is 3.78. The zero-order valence-corrected chi connectivity index (χ0v) is 12.5. The second kappa shape index (κ2) is 6.19. The lowest BCUT2D eigenvalue weighted by Gasteiger charge is -2.53. The first-order valence-corrected chi connectivity index (χ1v) is 7.29. The fourth-order valence-electron chi connectivity index (χ4n) is 2.57. The van der Waals surface area contributed by atoms with E-state index in [1.807, 2.05) is 0 Å². The van der Waals surface area contributed by atoms with Crippen molar-refractivity contribution in [3.05, 3.63) is 0 Å². The van der Waals surface area contributed by atoms with Gasteiger partial charge in [0.05, 0.1) is 6.10 Å². The molecule has 0 heterocycles. The summed E-state index contributed by atoms with van der Waals surface area (Å²) in [5.41, 5.74) is 0.289. The lowest BCUT2D eigenvalue weighted by atomic mass is 9.64. The summed E-state index contributed by atoms with van der Waals surface area (Å²) in [4.78, 5) is 0. The van der Waals surface area contributed by atoms with E-state index in [2.05, 4.69) is 46.9 Å². The monoisotopic (exact) mass is 241 g/mol. The van der Waals surface area contributed by atoms with Gasteiger partial charge in [0.25, 0.3) is 0 Å². The molecule has 102 valence electrons. The van der Waals surface area contributed by atoms with Crippen LogP contribution in [0.2, 0.25) is 0 Å². The molecule has 1 aliphatic carbocycles. The van der Waals surface area contributed by atoms with Crippen LogP contribution in [0.5, 0.6) is 0 Å². The highest BCUT2D eigenvalue weighted by atomic mass is 16.5. The molecule has 0 amide bonds. The molecule has 2 atom stereocenters. The normalized spacial score (nSPS) is 27.5. The van der Waals surface area contributed by atoms with Crippen molar-refractivity contribution >= 4 is 0 Å². The van der Waals surface area contributed by atoms with Crippen LogP contribution in [-0.4, -0.2) is 24.8 Å². The molecule has 0 bridgehead atoms. The second-order valence-electron chi connectivity index (χ2n) is 6.51. The van der Waals surface area contributed by atoms with E-state index in [9.17, 15) is 0 Å². The summed E-state index contributed by atoms with van der Waals surface area (Å²) < 4.78 is 5.99. The standard InChI is InChI=1S/C15H31NO/c1-7-12(8-2)16-13-9-14(15(13,5)6)17-10-11(3)4/h11-14,16H,7-10H2,1-6H3. The van der Waals surface area contributed by atoms with Crippen LogP contribution in [0.4, 0.5) is 0 Å². The van der Waals surface area contributed by atoms with Crippen LogP contribution in [0.3, 0.4) is 0 Å². The van der Waals surface area contributed by atoms with Crippen LogP contribution >= 0.6 is 0 Å². The molecule has 2 unspecified atom stereocenters. The van der Waals surface area contributed by atoms with Crippen molar-refractivity contribution in [2.75, 3.05) is 6.61 Å². The van der Waals surface area contributed by atoms with Crippen molar-refractivity contribution < 1.29 is 4.74 Å². The van der Waals surface area contributed by atoms with Crippen LogP contribution in [0.1, 0.15) is 60.8 Å². The molecule has 1 fully saturated rings. The molecular weight excluding hydrogens is 210 g/mol. The van der Waals surface area contributed by atoms with Gasteiger partial charge in [-0.05, 0) is 25.2 Å². The number of hydrogen-bond acceptors (Lipinski definition) is 2. The number of nitrogens with one attached hydrogen (secondary N) is 1. The second-order valence-corrected chi connectivity index (χ2v) is 6.51. The Labute approximate surface area is 108 Å². The first kappa shape index (κ1) is 15.0. The van der Waals surface area contributed by atoms with E-state index in [4.69, 9.17) is 4.74 Å². The van der Waals surface area contributed by atoms with Gasteiger partial charge in [0.15, 0.2) is 0 Å². The maximum atomic E-state index is 5.99. The molecule has 0 spiro atoms. The Morgan fingerprint density at radius 2 is 1.82 bits per heavy atom. The van der Waals surface area contributed by atoms with Gasteiger partial charge in [-0.2, -0.15) is 0 Å². The highest BCUT2D eigenvalue weighted by Gasteiger charge is 2.49. The molecule has 1 aliphatic rings. The van der Waals surface area contributed by atoms with E-state index in [1.165, 1.54) is 19.3 Å². The Morgan fingerprint density at radius 1 is 1.24 bits per heavy atom. The van der Waals surface area contributed by atoms with Crippen LogP contribution in [-0.2, 0) is 4.74 Å². The predicted molar refractivity (Wildman–Crippen MR) is 74.3 cm³/mol. The van der Waals surface area contributed by atoms with Gasteiger partial charge < -0.3 is 10.1 Å². The Balaban J connectivity index is 2.38. The summed E-state index contributed by atoms with van der Waals surface area (Å²) in [7, 11) is 0. The fraction of sp³-hybridized carbons (Fsp3) is 1.00. The molecule has 0 aromatic rings. The molecule has 0 radical (unpaired) electrons. The quantitative estimate of drug-likeness (QED) is 0.735. The maximum Gasteiger partial charge on any atom is 0.0656 e. The lowest BCUT2D eigenvalue weighted by molar-refractivity contribution is -0.126. The van der Waals surface area contributed by atoms with Crippen LogP contribution in [0.15, 0.2) is 0 Å². The largest absolute Gasteiger partial charge is 0.377 e. The van der Waals surface area contributed by atoms with E-state index in [0.717, 1.165) is 6.61 Å². The summed E-state index contributed by atoms with van der Waals surface area (Å²) in [6.07, 6.45) is 4.06. The number of hydrogen-bond donors (Lipinski definition) is 1.